The first-order chi connectivity index (χ1) is 18.3. The number of nitrogens with one attached hydrogen (secondary N) is 2. The molecule has 0 saturated carbocycles. The molecule has 0 spiro atoms. The van der Waals surface area contributed by atoms with Crippen molar-refractivity contribution in [1.82, 2.24) is 15.3 Å². The molecule has 2 aromatic carbocycles. The van der Waals surface area contributed by atoms with Gasteiger partial charge in [-0.3, -0.25) is 9.10 Å². The number of hydrogen-bond donors (Lipinski definition) is 3. The number of carboxylic acids is 1. The highest BCUT2D eigenvalue weighted by molar-refractivity contribution is 7.98. The van der Waals surface area contributed by atoms with Crippen LogP contribution in [-0.2, 0) is 21.4 Å². The first-order valence-corrected chi connectivity index (χ1v) is 15.3. The molecule has 0 aliphatic rings. The van der Waals surface area contributed by atoms with E-state index in [1.165, 1.54) is 39.8 Å². The van der Waals surface area contributed by atoms with Crippen molar-refractivity contribution in [3.05, 3.63) is 89.1 Å². The van der Waals surface area contributed by atoms with E-state index in [2.05, 4.69) is 15.3 Å². The van der Waals surface area contributed by atoms with Crippen LogP contribution in [0.1, 0.15) is 22.5 Å². The number of H-pyrrole nitrogens is 1. The topological polar surface area (TPSA) is 132 Å². The number of benzene rings is 2. The molecular weight excluding hydrogens is 545 g/mol. The van der Waals surface area contributed by atoms with Crippen LogP contribution in [0.5, 0.6) is 0 Å². The van der Waals surface area contributed by atoms with Gasteiger partial charge in [0.15, 0.2) is 0 Å². The van der Waals surface area contributed by atoms with Gasteiger partial charge < -0.3 is 15.4 Å². The highest BCUT2D eigenvalue weighted by Gasteiger charge is 2.28. The quantitative estimate of drug-likeness (QED) is 0.229. The fourth-order valence-electron chi connectivity index (χ4n) is 3.84. The number of aromatic amines is 1. The van der Waals surface area contributed by atoms with Crippen molar-refractivity contribution in [2.24, 2.45) is 0 Å². The van der Waals surface area contributed by atoms with Crippen molar-refractivity contribution < 1.29 is 23.1 Å². The Morgan fingerprint density at radius 2 is 1.97 bits per heavy atom. The molecule has 2 aromatic heterocycles. The summed E-state index contributed by atoms with van der Waals surface area (Å²) in [4.78, 5) is 32.2. The molecule has 1 amide bonds. The van der Waals surface area contributed by atoms with Gasteiger partial charge in [-0.1, -0.05) is 30.3 Å². The van der Waals surface area contributed by atoms with E-state index in [1.807, 2.05) is 36.6 Å². The minimum Gasteiger partial charge on any atom is -0.480 e. The monoisotopic (exact) mass is 570 g/mol. The Kier molecular flexibility index (Phi) is 8.87. The van der Waals surface area contributed by atoms with Crippen LogP contribution in [0.2, 0.25) is 0 Å². The van der Waals surface area contributed by atoms with Crippen molar-refractivity contribution in [3.63, 3.8) is 0 Å². The third kappa shape index (κ3) is 6.26. The average Bonchev–Trinajstić information content (AvgIpc) is 3.65. The molecule has 4 rings (SSSR count). The number of aromatic nitrogens is 2. The molecule has 2 heterocycles. The summed E-state index contributed by atoms with van der Waals surface area (Å²) in [5.41, 5.74) is 2.34. The third-order valence-electron chi connectivity index (χ3n) is 5.79. The third-order valence-corrected chi connectivity index (χ3v) is 9.03. The van der Waals surface area contributed by atoms with Gasteiger partial charge in [0.05, 0.1) is 29.1 Å². The first kappa shape index (κ1) is 27.4. The first-order valence-electron chi connectivity index (χ1n) is 11.6. The average molecular weight is 571 g/mol. The lowest BCUT2D eigenvalue weighted by atomic mass is 9.98. The zero-order chi connectivity index (χ0) is 27.1. The predicted octanol–water partition coefficient (Wildman–Crippen LogP) is 4.47. The molecule has 0 aliphatic heterocycles. The highest BCUT2D eigenvalue weighted by Crippen LogP contribution is 2.33. The number of carboxylic acid groups (broad SMARTS) is 1. The highest BCUT2D eigenvalue weighted by atomic mass is 32.2. The van der Waals surface area contributed by atoms with E-state index in [1.54, 1.807) is 35.2 Å². The number of thioether (sulfide) groups is 1. The van der Waals surface area contributed by atoms with Crippen LogP contribution in [0.3, 0.4) is 0 Å². The van der Waals surface area contributed by atoms with E-state index in [0.29, 0.717) is 28.3 Å². The number of sulfonamides is 1. The number of anilines is 1. The van der Waals surface area contributed by atoms with Crippen molar-refractivity contribution in [2.75, 3.05) is 16.3 Å². The Bertz CT molecular complexity index is 1470. The molecule has 0 unspecified atom stereocenters. The Hall–Kier alpha value is -3.61. The normalized spacial score (nSPS) is 12.1. The summed E-state index contributed by atoms with van der Waals surface area (Å²) in [6.45, 7) is -0.00622. The number of aliphatic carboxylic acids is 1. The van der Waals surface area contributed by atoms with Crippen LogP contribution >= 0.6 is 23.1 Å². The zero-order valence-corrected chi connectivity index (χ0v) is 22.9. The minimum atomic E-state index is -3.94. The second kappa shape index (κ2) is 12.3. The maximum absolute atomic E-state index is 13.7. The van der Waals surface area contributed by atoms with Gasteiger partial charge in [0.2, 0.25) is 0 Å². The summed E-state index contributed by atoms with van der Waals surface area (Å²) in [6.07, 6.45) is 5.17. The van der Waals surface area contributed by atoms with Gasteiger partial charge in [0.1, 0.15) is 6.04 Å². The lowest BCUT2D eigenvalue weighted by molar-refractivity contribution is -0.139. The maximum atomic E-state index is 13.7. The largest absolute Gasteiger partial charge is 0.480 e. The molecule has 3 N–H and O–H groups in total. The fraction of sp³-hybridized carbons (Fsp3) is 0.192. The van der Waals surface area contributed by atoms with E-state index in [-0.39, 0.29) is 23.4 Å². The Labute approximate surface area is 229 Å². The maximum Gasteiger partial charge on any atom is 0.326 e. The number of carbonyl (C=O) groups is 2. The molecule has 0 aliphatic carbocycles. The smallest absolute Gasteiger partial charge is 0.326 e. The molecule has 1 atom stereocenters. The number of nitrogens with zero attached hydrogens (tertiary/aromatic N) is 2. The van der Waals surface area contributed by atoms with Gasteiger partial charge >= 0.3 is 5.97 Å². The van der Waals surface area contributed by atoms with Crippen LogP contribution < -0.4 is 9.62 Å². The minimum absolute atomic E-state index is 0.00622. The van der Waals surface area contributed by atoms with Crippen molar-refractivity contribution in [1.29, 1.82) is 0 Å². The number of carbonyl (C=O) groups excluding carboxylic acids is 1. The van der Waals surface area contributed by atoms with Crippen LogP contribution in [-0.4, -0.2) is 53.4 Å². The van der Waals surface area contributed by atoms with Crippen molar-refractivity contribution in [2.45, 2.75) is 23.9 Å². The SMILES string of the molecule is CSCC[C@H](NC(=O)c1ccc(N(Cc2cnc[nH]2)S(=O)(=O)c2ccsc2)cc1-c1ccccc1)C(=O)O. The predicted molar refractivity (Wildman–Crippen MR) is 150 cm³/mol. The molecule has 198 valence electrons. The Balaban J connectivity index is 1.79. The zero-order valence-electron chi connectivity index (χ0n) is 20.4. The second-order valence-corrected chi connectivity index (χ2v) is 11.9. The number of amides is 1. The molecule has 0 bridgehead atoms. The standard InChI is InChI=1S/C26H26N4O5S3/c1-36-11-10-24(26(32)33)29-25(31)22-8-7-20(13-23(22)18-5-3-2-4-6-18)30(15-19-14-27-17-28-19)38(34,35)21-9-12-37-16-21/h2-9,12-14,16-17,24H,10-11,15H2,1H3,(H,27,28)(H,29,31)(H,32,33)/t24-/m0/s1. The lowest BCUT2D eigenvalue weighted by Gasteiger charge is -2.25. The Morgan fingerprint density at radius 3 is 2.61 bits per heavy atom. The molecular formula is C26H26N4O5S3. The molecule has 0 radical (unpaired) electrons. The number of hydrogen-bond acceptors (Lipinski definition) is 7. The van der Waals surface area contributed by atoms with Gasteiger partial charge in [0, 0.05) is 17.1 Å². The summed E-state index contributed by atoms with van der Waals surface area (Å²) in [7, 11) is -3.94. The van der Waals surface area contributed by atoms with Gasteiger partial charge in [0.25, 0.3) is 15.9 Å². The van der Waals surface area contributed by atoms with Gasteiger partial charge in [-0.2, -0.15) is 23.1 Å². The van der Waals surface area contributed by atoms with Crippen molar-refractivity contribution in [3.8, 4) is 11.1 Å². The van der Waals surface area contributed by atoms with E-state index < -0.39 is 27.9 Å². The van der Waals surface area contributed by atoms with E-state index in [0.717, 1.165) is 0 Å². The van der Waals surface area contributed by atoms with Gasteiger partial charge in [-0.15, -0.1) is 0 Å². The van der Waals surface area contributed by atoms with Gasteiger partial charge in [-0.05, 0) is 59.2 Å². The lowest BCUT2D eigenvalue weighted by Crippen LogP contribution is -2.41. The van der Waals surface area contributed by atoms with Crippen molar-refractivity contribution >= 4 is 50.7 Å². The number of rotatable bonds is 12. The van der Waals surface area contributed by atoms with Gasteiger partial charge in [-0.25, -0.2) is 18.2 Å². The molecule has 12 heteroatoms. The molecule has 38 heavy (non-hydrogen) atoms. The van der Waals surface area contributed by atoms with Crippen LogP contribution in [0, 0.1) is 0 Å². The molecule has 4 aromatic rings. The van der Waals surface area contributed by atoms with E-state index in [9.17, 15) is 23.1 Å². The molecule has 0 saturated heterocycles. The summed E-state index contributed by atoms with van der Waals surface area (Å²) in [5.74, 6) is -1.09. The summed E-state index contributed by atoms with van der Waals surface area (Å²) < 4.78 is 28.6. The Morgan fingerprint density at radius 1 is 1.18 bits per heavy atom. The number of imidazole rings is 1. The van der Waals surface area contributed by atoms with Crippen LogP contribution in [0.15, 0.2) is 82.8 Å². The van der Waals surface area contributed by atoms with E-state index in [4.69, 9.17) is 0 Å². The summed E-state index contributed by atoms with van der Waals surface area (Å²) in [5, 5.41) is 15.5. The summed E-state index contributed by atoms with van der Waals surface area (Å²) >= 11 is 2.77. The summed E-state index contributed by atoms with van der Waals surface area (Å²) in [6, 6.07) is 14.3. The second-order valence-electron chi connectivity index (χ2n) is 8.29. The van der Waals surface area contributed by atoms with Crippen LogP contribution in [0.25, 0.3) is 11.1 Å². The van der Waals surface area contributed by atoms with Crippen LogP contribution in [0.4, 0.5) is 5.69 Å². The molecule has 0 fully saturated rings. The number of thiophene rings is 1. The molecule has 9 nitrogen and oxygen atoms in total. The fourth-order valence-corrected chi connectivity index (χ4v) is 6.76. The van der Waals surface area contributed by atoms with E-state index >= 15 is 0 Å².